The second kappa shape index (κ2) is 4.60. The summed E-state index contributed by atoms with van der Waals surface area (Å²) in [7, 11) is -3.58. The molecule has 1 spiro atoms. The standard InChI is InChI=1S/C15H20O3S/c1-12-4-6-14(7-5-12)19(16,17)18-13-10-15(11-13)8-2-3-9-15/h4-7,13H,2-3,8-11H2,1H3. The summed E-state index contributed by atoms with van der Waals surface area (Å²) in [6, 6.07) is 6.84. The summed E-state index contributed by atoms with van der Waals surface area (Å²) in [6.07, 6.45) is 6.80. The molecule has 0 radical (unpaired) electrons. The molecule has 1 aromatic rings. The number of rotatable bonds is 3. The third kappa shape index (κ3) is 2.56. The van der Waals surface area contributed by atoms with Gasteiger partial charge in [-0.2, -0.15) is 8.42 Å². The van der Waals surface area contributed by atoms with Crippen LogP contribution in [0.25, 0.3) is 0 Å². The van der Waals surface area contributed by atoms with Crippen LogP contribution in [-0.2, 0) is 14.3 Å². The second-order valence-corrected chi connectivity index (χ2v) is 7.67. The van der Waals surface area contributed by atoms with Gasteiger partial charge in [-0.05, 0) is 50.2 Å². The van der Waals surface area contributed by atoms with Crippen molar-refractivity contribution in [3.8, 4) is 0 Å². The zero-order valence-electron chi connectivity index (χ0n) is 11.3. The molecule has 0 aromatic heterocycles. The lowest BCUT2D eigenvalue weighted by molar-refractivity contribution is -0.00616. The van der Waals surface area contributed by atoms with Gasteiger partial charge in [-0.25, -0.2) is 0 Å². The van der Waals surface area contributed by atoms with Gasteiger partial charge >= 0.3 is 0 Å². The fourth-order valence-corrected chi connectivity index (χ4v) is 4.52. The molecule has 0 unspecified atom stereocenters. The van der Waals surface area contributed by atoms with Gasteiger partial charge in [0.15, 0.2) is 0 Å². The molecule has 3 rings (SSSR count). The van der Waals surface area contributed by atoms with E-state index in [0.717, 1.165) is 18.4 Å². The van der Waals surface area contributed by atoms with Crippen LogP contribution in [0.1, 0.15) is 44.1 Å². The van der Waals surface area contributed by atoms with Crippen molar-refractivity contribution in [2.75, 3.05) is 0 Å². The van der Waals surface area contributed by atoms with E-state index in [0.29, 0.717) is 5.41 Å². The van der Waals surface area contributed by atoms with E-state index < -0.39 is 10.1 Å². The molecule has 0 N–H and O–H groups in total. The first-order chi connectivity index (χ1) is 8.99. The van der Waals surface area contributed by atoms with E-state index in [9.17, 15) is 8.42 Å². The highest BCUT2D eigenvalue weighted by molar-refractivity contribution is 7.86. The van der Waals surface area contributed by atoms with Crippen LogP contribution >= 0.6 is 0 Å². The minimum atomic E-state index is -3.58. The van der Waals surface area contributed by atoms with Crippen LogP contribution in [0.15, 0.2) is 29.2 Å². The zero-order valence-corrected chi connectivity index (χ0v) is 12.1. The van der Waals surface area contributed by atoms with Gasteiger partial charge in [0.05, 0.1) is 11.0 Å². The smallest absolute Gasteiger partial charge is 0.263 e. The molecular weight excluding hydrogens is 260 g/mol. The second-order valence-electron chi connectivity index (χ2n) is 6.10. The minimum Gasteiger partial charge on any atom is -0.263 e. The monoisotopic (exact) mass is 280 g/mol. The number of hydrogen-bond donors (Lipinski definition) is 0. The van der Waals surface area contributed by atoms with Crippen molar-refractivity contribution in [3.05, 3.63) is 29.8 Å². The first-order valence-corrected chi connectivity index (χ1v) is 8.40. The fraction of sp³-hybridized carbons (Fsp3) is 0.600. The van der Waals surface area contributed by atoms with Crippen LogP contribution in [0.5, 0.6) is 0 Å². The molecule has 2 fully saturated rings. The Bertz CT molecular complexity index is 546. The summed E-state index contributed by atoms with van der Waals surface area (Å²) in [4.78, 5) is 0.269. The van der Waals surface area contributed by atoms with Gasteiger partial charge < -0.3 is 0 Å². The largest absolute Gasteiger partial charge is 0.297 e. The maximum absolute atomic E-state index is 12.1. The molecule has 2 aliphatic carbocycles. The molecule has 2 aliphatic rings. The summed E-state index contributed by atoms with van der Waals surface area (Å²) in [5.41, 5.74) is 1.46. The fourth-order valence-electron chi connectivity index (χ4n) is 3.45. The Morgan fingerprint density at radius 2 is 1.68 bits per heavy atom. The van der Waals surface area contributed by atoms with Gasteiger partial charge in [-0.3, -0.25) is 4.18 Å². The molecule has 0 bridgehead atoms. The zero-order chi connectivity index (χ0) is 13.5. The predicted octanol–water partition coefficient (Wildman–Crippen LogP) is 3.42. The Morgan fingerprint density at radius 1 is 1.11 bits per heavy atom. The van der Waals surface area contributed by atoms with Crippen LogP contribution in [-0.4, -0.2) is 14.5 Å². The first-order valence-electron chi connectivity index (χ1n) is 6.99. The van der Waals surface area contributed by atoms with Crippen LogP contribution in [0, 0.1) is 12.3 Å². The molecule has 2 saturated carbocycles. The lowest BCUT2D eigenvalue weighted by atomic mass is 9.66. The quantitative estimate of drug-likeness (QED) is 0.797. The maximum atomic E-state index is 12.1. The highest BCUT2D eigenvalue weighted by Gasteiger charge is 2.47. The molecule has 0 atom stereocenters. The van der Waals surface area contributed by atoms with E-state index in [1.807, 2.05) is 6.92 Å². The van der Waals surface area contributed by atoms with Crippen molar-refractivity contribution < 1.29 is 12.6 Å². The van der Waals surface area contributed by atoms with E-state index in [1.165, 1.54) is 25.7 Å². The van der Waals surface area contributed by atoms with Crippen molar-refractivity contribution in [1.82, 2.24) is 0 Å². The van der Waals surface area contributed by atoms with Crippen LogP contribution in [0.4, 0.5) is 0 Å². The Balaban J connectivity index is 1.65. The van der Waals surface area contributed by atoms with Gasteiger partial charge in [0, 0.05) is 0 Å². The summed E-state index contributed by atoms with van der Waals surface area (Å²) >= 11 is 0. The molecule has 0 saturated heterocycles. The van der Waals surface area contributed by atoms with Crippen LogP contribution in [0.3, 0.4) is 0 Å². The Labute approximate surface area is 115 Å². The average Bonchev–Trinajstić information content (AvgIpc) is 2.78. The minimum absolute atomic E-state index is 0.107. The number of hydrogen-bond acceptors (Lipinski definition) is 3. The molecule has 19 heavy (non-hydrogen) atoms. The molecule has 4 heteroatoms. The highest BCUT2D eigenvalue weighted by Crippen LogP contribution is 2.54. The third-order valence-corrected chi connectivity index (χ3v) is 5.93. The van der Waals surface area contributed by atoms with Gasteiger partial charge in [0.25, 0.3) is 10.1 Å². The Hall–Kier alpha value is -0.870. The Kier molecular flexibility index (Phi) is 3.18. The SMILES string of the molecule is Cc1ccc(S(=O)(=O)OC2CC3(CCCC3)C2)cc1. The van der Waals surface area contributed by atoms with Crippen LogP contribution in [0.2, 0.25) is 0 Å². The van der Waals surface area contributed by atoms with Crippen molar-refractivity contribution in [1.29, 1.82) is 0 Å². The van der Waals surface area contributed by atoms with Gasteiger partial charge in [-0.1, -0.05) is 30.5 Å². The van der Waals surface area contributed by atoms with Crippen LogP contribution < -0.4 is 0 Å². The Morgan fingerprint density at radius 3 is 2.26 bits per heavy atom. The topological polar surface area (TPSA) is 43.4 Å². The molecule has 3 nitrogen and oxygen atoms in total. The lowest BCUT2D eigenvalue weighted by Crippen LogP contribution is -2.41. The normalized spacial score (nSPS) is 22.6. The summed E-state index contributed by atoms with van der Waals surface area (Å²) < 4.78 is 29.6. The van der Waals surface area contributed by atoms with E-state index in [4.69, 9.17) is 4.18 Å². The molecule has 1 aromatic carbocycles. The molecule has 0 amide bonds. The lowest BCUT2D eigenvalue weighted by Gasteiger charge is -2.44. The number of benzene rings is 1. The predicted molar refractivity (Wildman–Crippen MR) is 73.4 cm³/mol. The van der Waals surface area contributed by atoms with E-state index in [1.54, 1.807) is 24.3 Å². The molecule has 0 heterocycles. The summed E-state index contributed by atoms with van der Waals surface area (Å²) in [5, 5.41) is 0. The van der Waals surface area contributed by atoms with Crippen molar-refractivity contribution in [2.45, 2.75) is 56.4 Å². The highest BCUT2D eigenvalue weighted by atomic mass is 32.2. The molecule has 0 aliphatic heterocycles. The van der Waals surface area contributed by atoms with E-state index >= 15 is 0 Å². The summed E-state index contributed by atoms with van der Waals surface area (Å²) in [5.74, 6) is 0. The summed E-state index contributed by atoms with van der Waals surface area (Å²) in [6.45, 7) is 1.94. The van der Waals surface area contributed by atoms with Crippen molar-refractivity contribution in [2.24, 2.45) is 5.41 Å². The van der Waals surface area contributed by atoms with E-state index in [2.05, 4.69) is 0 Å². The number of aryl methyl sites for hydroxylation is 1. The van der Waals surface area contributed by atoms with Gasteiger partial charge in [-0.15, -0.1) is 0 Å². The van der Waals surface area contributed by atoms with Crippen molar-refractivity contribution in [3.63, 3.8) is 0 Å². The van der Waals surface area contributed by atoms with Gasteiger partial charge in [0.1, 0.15) is 0 Å². The first kappa shape index (κ1) is 13.1. The third-order valence-electron chi connectivity index (χ3n) is 4.56. The van der Waals surface area contributed by atoms with Gasteiger partial charge in [0.2, 0.25) is 0 Å². The molecule has 104 valence electrons. The molecular formula is C15H20O3S. The van der Waals surface area contributed by atoms with E-state index in [-0.39, 0.29) is 11.0 Å². The maximum Gasteiger partial charge on any atom is 0.297 e. The average molecular weight is 280 g/mol. The van der Waals surface area contributed by atoms with Crippen molar-refractivity contribution >= 4 is 10.1 Å².